The second-order valence-corrected chi connectivity index (χ2v) is 7.63. The minimum atomic E-state index is -0.0375. The molecule has 2 aromatic heterocycles. The summed E-state index contributed by atoms with van der Waals surface area (Å²) in [6, 6.07) is 11.3. The molecule has 0 atom stereocenters. The van der Waals surface area contributed by atoms with E-state index in [1.165, 1.54) is 0 Å². The van der Waals surface area contributed by atoms with E-state index in [0.29, 0.717) is 29.4 Å². The maximum absolute atomic E-state index is 12.9. The summed E-state index contributed by atoms with van der Waals surface area (Å²) in [7, 11) is 1.54. The number of amides is 1. The molecule has 4 rings (SSSR count). The SMILES string of the molecule is COc1cc(Cl)ccc1C(=O)N1CCN(c2cc(-c3cccs3)[nH]n2)CC1. The van der Waals surface area contributed by atoms with Crippen LogP contribution < -0.4 is 9.64 Å². The zero-order chi connectivity index (χ0) is 18.8. The van der Waals surface area contributed by atoms with E-state index >= 15 is 0 Å². The van der Waals surface area contributed by atoms with E-state index < -0.39 is 0 Å². The number of aromatic amines is 1. The highest BCUT2D eigenvalue weighted by molar-refractivity contribution is 7.13. The van der Waals surface area contributed by atoms with Crippen LogP contribution in [-0.2, 0) is 0 Å². The Kier molecular flexibility index (Phi) is 5.05. The lowest BCUT2D eigenvalue weighted by molar-refractivity contribution is 0.0743. The summed E-state index contributed by atoms with van der Waals surface area (Å²) in [5.74, 6) is 1.38. The Morgan fingerprint density at radius 3 is 2.74 bits per heavy atom. The smallest absolute Gasteiger partial charge is 0.257 e. The Hall–Kier alpha value is -2.51. The fourth-order valence-electron chi connectivity index (χ4n) is 3.18. The van der Waals surface area contributed by atoms with E-state index in [4.69, 9.17) is 16.3 Å². The van der Waals surface area contributed by atoms with Crippen molar-refractivity contribution in [3.8, 4) is 16.3 Å². The molecule has 0 radical (unpaired) electrons. The highest BCUT2D eigenvalue weighted by atomic mass is 35.5. The van der Waals surface area contributed by atoms with Crippen LogP contribution in [0, 0.1) is 0 Å². The van der Waals surface area contributed by atoms with Crippen molar-refractivity contribution in [2.75, 3.05) is 38.2 Å². The number of methoxy groups -OCH3 is 1. The molecular weight excluding hydrogens is 384 g/mol. The van der Waals surface area contributed by atoms with Crippen LogP contribution in [0.1, 0.15) is 10.4 Å². The highest BCUT2D eigenvalue weighted by Gasteiger charge is 2.25. The maximum atomic E-state index is 12.9. The summed E-state index contributed by atoms with van der Waals surface area (Å²) in [5.41, 5.74) is 1.56. The lowest BCUT2D eigenvalue weighted by Crippen LogP contribution is -2.49. The number of hydrogen-bond donors (Lipinski definition) is 1. The molecule has 0 aliphatic carbocycles. The Balaban J connectivity index is 1.42. The molecule has 6 nitrogen and oxygen atoms in total. The van der Waals surface area contributed by atoms with E-state index in [1.807, 2.05) is 16.3 Å². The molecule has 1 amide bonds. The van der Waals surface area contributed by atoms with Crippen LogP contribution in [0.3, 0.4) is 0 Å². The summed E-state index contributed by atoms with van der Waals surface area (Å²) in [6.45, 7) is 2.73. The van der Waals surface area contributed by atoms with Crippen molar-refractivity contribution < 1.29 is 9.53 Å². The first kappa shape index (κ1) is 17.9. The molecule has 3 heterocycles. The van der Waals surface area contributed by atoms with Gasteiger partial charge in [0.1, 0.15) is 5.75 Å². The van der Waals surface area contributed by atoms with E-state index in [1.54, 1.807) is 36.6 Å². The molecule has 3 aromatic rings. The second kappa shape index (κ2) is 7.62. The van der Waals surface area contributed by atoms with Gasteiger partial charge in [-0.25, -0.2) is 0 Å². The second-order valence-electron chi connectivity index (χ2n) is 6.24. The summed E-state index contributed by atoms with van der Waals surface area (Å²) < 4.78 is 5.31. The van der Waals surface area contributed by atoms with Gasteiger partial charge < -0.3 is 14.5 Å². The first-order chi connectivity index (χ1) is 13.2. The summed E-state index contributed by atoms with van der Waals surface area (Å²) in [6.07, 6.45) is 0. The van der Waals surface area contributed by atoms with Gasteiger partial charge in [-0.05, 0) is 29.6 Å². The molecule has 1 aliphatic rings. The van der Waals surface area contributed by atoms with Gasteiger partial charge in [0.05, 0.1) is 23.2 Å². The maximum Gasteiger partial charge on any atom is 0.257 e. The van der Waals surface area contributed by atoms with Crippen LogP contribution in [0.25, 0.3) is 10.6 Å². The molecule has 1 N–H and O–H groups in total. The lowest BCUT2D eigenvalue weighted by Gasteiger charge is -2.35. The number of ether oxygens (including phenoxy) is 1. The molecule has 0 unspecified atom stereocenters. The third-order valence-corrected chi connectivity index (χ3v) is 5.77. The Bertz CT molecular complexity index is 933. The van der Waals surface area contributed by atoms with Crippen molar-refractivity contribution in [2.45, 2.75) is 0 Å². The number of piperazine rings is 1. The van der Waals surface area contributed by atoms with Crippen LogP contribution >= 0.6 is 22.9 Å². The summed E-state index contributed by atoms with van der Waals surface area (Å²) in [5, 5.41) is 10.1. The number of nitrogens with zero attached hydrogens (tertiary/aromatic N) is 3. The van der Waals surface area contributed by atoms with E-state index in [9.17, 15) is 4.79 Å². The first-order valence-corrected chi connectivity index (χ1v) is 9.88. The number of aromatic nitrogens is 2. The fraction of sp³-hybridized carbons (Fsp3) is 0.263. The van der Waals surface area contributed by atoms with E-state index in [0.717, 1.165) is 29.5 Å². The Morgan fingerprint density at radius 2 is 2.04 bits per heavy atom. The van der Waals surface area contributed by atoms with Crippen LogP contribution in [-0.4, -0.2) is 54.3 Å². The molecule has 27 heavy (non-hydrogen) atoms. The highest BCUT2D eigenvalue weighted by Crippen LogP contribution is 2.27. The first-order valence-electron chi connectivity index (χ1n) is 8.63. The predicted octanol–water partition coefficient (Wildman–Crippen LogP) is 3.76. The average molecular weight is 403 g/mol. The quantitative estimate of drug-likeness (QED) is 0.721. The van der Waals surface area contributed by atoms with Gasteiger partial charge in [-0.15, -0.1) is 11.3 Å². The van der Waals surface area contributed by atoms with Crippen molar-refractivity contribution in [1.82, 2.24) is 15.1 Å². The molecule has 8 heteroatoms. The van der Waals surface area contributed by atoms with Crippen molar-refractivity contribution in [3.63, 3.8) is 0 Å². The van der Waals surface area contributed by atoms with Crippen molar-refractivity contribution >= 4 is 34.7 Å². The molecule has 1 fully saturated rings. The van der Waals surface area contributed by atoms with E-state index in [2.05, 4.69) is 27.2 Å². The molecule has 0 spiro atoms. The Morgan fingerprint density at radius 1 is 1.22 bits per heavy atom. The van der Waals surface area contributed by atoms with Crippen LogP contribution in [0.15, 0.2) is 41.8 Å². The minimum absolute atomic E-state index is 0.0375. The number of rotatable bonds is 4. The average Bonchev–Trinajstić information content (AvgIpc) is 3.39. The van der Waals surface area contributed by atoms with Gasteiger partial charge in [0.25, 0.3) is 5.91 Å². The number of halogens is 1. The standard InChI is InChI=1S/C19H19ClN4O2S/c1-26-16-11-13(20)4-5-14(16)19(25)24-8-6-23(7-9-24)18-12-15(21-22-18)17-3-2-10-27-17/h2-5,10-12H,6-9H2,1H3,(H,21,22). The molecular formula is C19H19ClN4O2S. The number of nitrogens with one attached hydrogen (secondary N) is 1. The summed E-state index contributed by atoms with van der Waals surface area (Å²) in [4.78, 5) is 18.1. The molecule has 1 aliphatic heterocycles. The van der Waals surface area contributed by atoms with Gasteiger partial charge in [0.15, 0.2) is 5.82 Å². The van der Waals surface area contributed by atoms with Gasteiger partial charge in [-0.3, -0.25) is 9.89 Å². The topological polar surface area (TPSA) is 61.5 Å². The van der Waals surface area contributed by atoms with E-state index in [-0.39, 0.29) is 5.91 Å². The number of anilines is 1. The molecule has 1 saturated heterocycles. The van der Waals surface area contributed by atoms with Crippen molar-refractivity contribution in [3.05, 3.63) is 52.4 Å². The van der Waals surface area contributed by atoms with Gasteiger partial charge in [0, 0.05) is 37.3 Å². The number of thiophene rings is 1. The monoisotopic (exact) mass is 402 g/mol. The number of H-pyrrole nitrogens is 1. The van der Waals surface area contributed by atoms with Crippen LogP contribution in [0.4, 0.5) is 5.82 Å². The normalized spacial score (nSPS) is 14.4. The molecule has 0 bridgehead atoms. The summed E-state index contributed by atoms with van der Waals surface area (Å²) >= 11 is 7.67. The number of carbonyl (C=O) groups excluding carboxylic acids is 1. The van der Waals surface area contributed by atoms with Gasteiger partial charge in [-0.1, -0.05) is 17.7 Å². The van der Waals surface area contributed by atoms with Crippen LogP contribution in [0.5, 0.6) is 5.75 Å². The largest absolute Gasteiger partial charge is 0.496 e. The Labute approximate surface area is 166 Å². The predicted molar refractivity (Wildman–Crippen MR) is 108 cm³/mol. The minimum Gasteiger partial charge on any atom is -0.496 e. The van der Waals surface area contributed by atoms with Gasteiger partial charge in [0.2, 0.25) is 0 Å². The van der Waals surface area contributed by atoms with Gasteiger partial charge in [-0.2, -0.15) is 5.10 Å². The fourth-order valence-corrected chi connectivity index (χ4v) is 4.04. The zero-order valence-electron chi connectivity index (χ0n) is 14.8. The zero-order valence-corrected chi connectivity index (χ0v) is 16.4. The molecule has 1 aromatic carbocycles. The lowest BCUT2D eigenvalue weighted by atomic mass is 10.1. The van der Waals surface area contributed by atoms with Crippen molar-refractivity contribution in [2.24, 2.45) is 0 Å². The van der Waals surface area contributed by atoms with Gasteiger partial charge >= 0.3 is 0 Å². The number of carbonyl (C=O) groups is 1. The number of hydrogen-bond acceptors (Lipinski definition) is 5. The third-order valence-electron chi connectivity index (χ3n) is 4.64. The molecule has 0 saturated carbocycles. The van der Waals surface area contributed by atoms with Crippen molar-refractivity contribution in [1.29, 1.82) is 0 Å². The molecule has 140 valence electrons. The third kappa shape index (κ3) is 3.65. The number of benzene rings is 1. The van der Waals surface area contributed by atoms with Crippen LogP contribution in [0.2, 0.25) is 5.02 Å².